The molecule has 1 aliphatic rings. The normalized spacial score (nSPS) is 12.1. The van der Waals surface area contributed by atoms with Crippen molar-refractivity contribution in [2.24, 2.45) is 0 Å². The fourth-order valence-corrected chi connectivity index (χ4v) is 2.97. The van der Waals surface area contributed by atoms with E-state index < -0.39 is 0 Å². The first kappa shape index (κ1) is 11.2. The Morgan fingerprint density at radius 3 is 2.72 bits per heavy atom. The number of hydrogen-bond acceptors (Lipinski definition) is 3. The van der Waals surface area contributed by atoms with E-state index in [0.717, 1.165) is 22.0 Å². The van der Waals surface area contributed by atoms with Crippen molar-refractivity contribution in [1.29, 1.82) is 0 Å². The first-order valence-corrected chi connectivity index (χ1v) is 6.50. The summed E-state index contributed by atoms with van der Waals surface area (Å²) in [4.78, 5) is 13.5. The summed E-state index contributed by atoms with van der Waals surface area (Å²) in [7, 11) is 0. The molecule has 0 spiro atoms. The van der Waals surface area contributed by atoms with Gasteiger partial charge in [0.25, 0.3) is 0 Å². The lowest BCUT2D eigenvalue weighted by molar-refractivity contribution is -0.114. The van der Waals surface area contributed by atoms with Crippen molar-refractivity contribution >= 4 is 34.7 Å². The first-order valence-electron chi connectivity index (χ1n) is 5.68. The van der Waals surface area contributed by atoms with Crippen molar-refractivity contribution in [2.45, 2.75) is 16.7 Å². The van der Waals surface area contributed by atoms with E-state index in [1.165, 1.54) is 11.8 Å². The molecule has 2 N–H and O–H groups in total. The number of fused-ring (bicyclic) bond motifs is 2. The zero-order valence-electron chi connectivity index (χ0n) is 9.86. The molecule has 0 unspecified atom stereocenters. The lowest BCUT2D eigenvalue weighted by atomic mass is 10.2. The molecule has 18 heavy (non-hydrogen) atoms. The molecule has 3 rings (SSSR count). The summed E-state index contributed by atoms with van der Waals surface area (Å²) < 4.78 is 0. The summed E-state index contributed by atoms with van der Waals surface area (Å²) in [5.74, 6) is -0.0611. The van der Waals surface area contributed by atoms with Crippen molar-refractivity contribution < 1.29 is 4.79 Å². The molecule has 2 aromatic carbocycles. The van der Waals surface area contributed by atoms with E-state index in [1.807, 2.05) is 36.4 Å². The molecule has 0 saturated carbocycles. The number of benzene rings is 2. The fraction of sp³-hybridized carbons (Fsp3) is 0.0714. The van der Waals surface area contributed by atoms with Crippen LogP contribution in [-0.2, 0) is 4.79 Å². The highest BCUT2D eigenvalue weighted by atomic mass is 32.2. The number of amides is 1. The van der Waals surface area contributed by atoms with Gasteiger partial charge in [0, 0.05) is 16.7 Å². The molecule has 3 nitrogen and oxygen atoms in total. The summed E-state index contributed by atoms with van der Waals surface area (Å²) in [6.45, 7) is 1.52. The molecule has 4 heteroatoms. The van der Waals surface area contributed by atoms with Crippen LogP contribution in [0.4, 0.5) is 17.1 Å². The predicted molar refractivity (Wildman–Crippen MR) is 74.6 cm³/mol. The highest BCUT2D eigenvalue weighted by molar-refractivity contribution is 7.99. The first-order chi connectivity index (χ1) is 8.74. The molecule has 0 atom stereocenters. The second kappa shape index (κ2) is 4.38. The average Bonchev–Trinajstić information content (AvgIpc) is 2.36. The van der Waals surface area contributed by atoms with Crippen molar-refractivity contribution in [3.05, 3.63) is 42.5 Å². The van der Waals surface area contributed by atoms with Gasteiger partial charge >= 0.3 is 0 Å². The van der Waals surface area contributed by atoms with Crippen LogP contribution in [0.15, 0.2) is 52.3 Å². The quantitative estimate of drug-likeness (QED) is 0.694. The SMILES string of the molecule is CC(=O)Nc1cccc2c1Nc1ccccc1S2. The summed E-state index contributed by atoms with van der Waals surface area (Å²) in [5.41, 5.74) is 2.87. The number of rotatable bonds is 1. The monoisotopic (exact) mass is 256 g/mol. The number of nitrogens with one attached hydrogen (secondary N) is 2. The van der Waals surface area contributed by atoms with Crippen LogP contribution in [0.25, 0.3) is 0 Å². The van der Waals surface area contributed by atoms with Gasteiger partial charge in [-0.2, -0.15) is 0 Å². The molecule has 90 valence electrons. The van der Waals surface area contributed by atoms with Crippen LogP contribution >= 0.6 is 11.8 Å². The van der Waals surface area contributed by atoms with E-state index in [0.29, 0.717) is 0 Å². The van der Waals surface area contributed by atoms with E-state index in [9.17, 15) is 4.79 Å². The Labute approximate surface area is 110 Å². The molecule has 0 fully saturated rings. The molecular formula is C14H12N2OS. The maximum Gasteiger partial charge on any atom is 0.221 e. The Bertz CT molecular complexity index is 625. The van der Waals surface area contributed by atoms with Gasteiger partial charge in [0.15, 0.2) is 0 Å². The molecule has 1 aliphatic heterocycles. The molecule has 0 aliphatic carbocycles. The van der Waals surface area contributed by atoms with E-state index in [-0.39, 0.29) is 5.91 Å². The highest BCUT2D eigenvalue weighted by Crippen LogP contribution is 2.46. The smallest absolute Gasteiger partial charge is 0.221 e. The second-order valence-corrected chi connectivity index (χ2v) is 5.17. The number of carbonyl (C=O) groups excluding carboxylic acids is 1. The Morgan fingerprint density at radius 1 is 1.11 bits per heavy atom. The van der Waals surface area contributed by atoms with Gasteiger partial charge in [-0.25, -0.2) is 0 Å². The third kappa shape index (κ3) is 1.95. The average molecular weight is 256 g/mol. The van der Waals surface area contributed by atoms with Gasteiger partial charge in [-0.05, 0) is 24.3 Å². The molecule has 1 amide bonds. The van der Waals surface area contributed by atoms with E-state index in [1.54, 1.807) is 11.8 Å². The number of hydrogen-bond donors (Lipinski definition) is 2. The Hall–Kier alpha value is -1.94. The largest absolute Gasteiger partial charge is 0.352 e. The van der Waals surface area contributed by atoms with Crippen LogP contribution < -0.4 is 10.6 Å². The molecular weight excluding hydrogens is 244 g/mol. The molecule has 0 aromatic heterocycles. The Balaban J connectivity index is 2.04. The third-order valence-corrected chi connectivity index (χ3v) is 3.84. The maximum atomic E-state index is 11.2. The summed E-state index contributed by atoms with van der Waals surface area (Å²) >= 11 is 1.71. The zero-order chi connectivity index (χ0) is 12.5. The van der Waals surface area contributed by atoms with Crippen LogP contribution in [0.5, 0.6) is 0 Å². The number of anilines is 3. The minimum absolute atomic E-state index is 0.0611. The van der Waals surface area contributed by atoms with Gasteiger partial charge in [-0.3, -0.25) is 4.79 Å². The molecule has 0 saturated heterocycles. The lowest BCUT2D eigenvalue weighted by Crippen LogP contribution is -2.10. The molecule has 0 bridgehead atoms. The van der Waals surface area contributed by atoms with Gasteiger partial charge in [-0.1, -0.05) is 30.0 Å². The summed E-state index contributed by atoms with van der Waals surface area (Å²) in [5, 5.41) is 6.23. The van der Waals surface area contributed by atoms with Gasteiger partial charge in [0.1, 0.15) is 0 Å². The number of para-hydroxylation sites is 2. The topological polar surface area (TPSA) is 41.1 Å². The molecule has 2 aromatic rings. The molecule has 0 radical (unpaired) electrons. The van der Waals surface area contributed by atoms with Crippen LogP contribution in [0.3, 0.4) is 0 Å². The van der Waals surface area contributed by atoms with E-state index in [2.05, 4.69) is 16.7 Å². The van der Waals surface area contributed by atoms with Gasteiger partial charge in [-0.15, -0.1) is 0 Å². The Morgan fingerprint density at radius 2 is 1.89 bits per heavy atom. The van der Waals surface area contributed by atoms with Crippen molar-refractivity contribution in [3.8, 4) is 0 Å². The molecule has 1 heterocycles. The maximum absolute atomic E-state index is 11.2. The number of carbonyl (C=O) groups is 1. The third-order valence-electron chi connectivity index (χ3n) is 2.70. The van der Waals surface area contributed by atoms with Crippen molar-refractivity contribution in [1.82, 2.24) is 0 Å². The zero-order valence-corrected chi connectivity index (χ0v) is 10.7. The van der Waals surface area contributed by atoms with Crippen molar-refractivity contribution in [2.75, 3.05) is 10.6 Å². The van der Waals surface area contributed by atoms with Crippen LogP contribution in [0.1, 0.15) is 6.92 Å². The van der Waals surface area contributed by atoms with Crippen LogP contribution in [0, 0.1) is 0 Å². The standard InChI is InChI=1S/C14H12N2OS/c1-9(17)15-11-6-4-8-13-14(11)16-10-5-2-3-7-12(10)18-13/h2-8,16H,1H3,(H,15,17). The fourth-order valence-electron chi connectivity index (χ4n) is 1.95. The highest BCUT2D eigenvalue weighted by Gasteiger charge is 2.17. The summed E-state index contributed by atoms with van der Waals surface area (Å²) in [6.07, 6.45) is 0. The summed E-state index contributed by atoms with van der Waals surface area (Å²) in [6, 6.07) is 14.0. The van der Waals surface area contributed by atoms with Gasteiger partial charge in [0.2, 0.25) is 5.91 Å². The van der Waals surface area contributed by atoms with Gasteiger partial charge in [0.05, 0.1) is 17.1 Å². The van der Waals surface area contributed by atoms with Crippen molar-refractivity contribution in [3.63, 3.8) is 0 Å². The van der Waals surface area contributed by atoms with E-state index in [4.69, 9.17) is 0 Å². The van der Waals surface area contributed by atoms with Gasteiger partial charge < -0.3 is 10.6 Å². The van der Waals surface area contributed by atoms with Crippen LogP contribution in [-0.4, -0.2) is 5.91 Å². The van der Waals surface area contributed by atoms with Crippen LogP contribution in [0.2, 0.25) is 0 Å². The minimum atomic E-state index is -0.0611. The second-order valence-electron chi connectivity index (χ2n) is 4.08. The minimum Gasteiger partial charge on any atom is -0.352 e. The Kier molecular flexibility index (Phi) is 2.72. The lowest BCUT2D eigenvalue weighted by Gasteiger charge is -2.23. The van der Waals surface area contributed by atoms with E-state index >= 15 is 0 Å². The predicted octanol–water partition coefficient (Wildman–Crippen LogP) is 3.85.